The average Bonchev–Trinajstić information content (AvgIpc) is 3.33. The molecule has 0 amide bonds. The monoisotopic (exact) mass is 782 g/mol. The van der Waals surface area contributed by atoms with Gasteiger partial charge in [0, 0.05) is 50.7 Å². The average molecular weight is 783 g/mol. The summed E-state index contributed by atoms with van der Waals surface area (Å²) in [6.07, 6.45) is 0. The lowest BCUT2D eigenvalue weighted by Crippen LogP contribution is -2.10. The summed E-state index contributed by atoms with van der Waals surface area (Å²) in [6.45, 7) is 2.18. The first kappa shape index (κ1) is 37.2. The molecule has 4 nitrogen and oxygen atoms in total. The van der Waals surface area contributed by atoms with Gasteiger partial charge < -0.3 is 10.2 Å². The zero-order valence-corrected chi connectivity index (χ0v) is 33.8. The van der Waals surface area contributed by atoms with Crippen molar-refractivity contribution in [2.75, 3.05) is 10.2 Å². The van der Waals surface area contributed by atoms with Crippen molar-refractivity contribution >= 4 is 39.5 Å². The summed E-state index contributed by atoms with van der Waals surface area (Å²) in [5, 5.41) is 3.66. The molecule has 1 N–H and O–H groups in total. The summed E-state index contributed by atoms with van der Waals surface area (Å²) in [7, 11) is 0. The lowest BCUT2D eigenvalue weighted by atomic mass is 9.97. The van der Waals surface area contributed by atoms with E-state index in [1.54, 1.807) is 0 Å². The van der Waals surface area contributed by atoms with Gasteiger partial charge in [0.2, 0.25) is 0 Å². The molecule has 0 aliphatic heterocycles. The van der Waals surface area contributed by atoms with Gasteiger partial charge in [-0.3, -0.25) is 0 Å². The highest BCUT2D eigenvalue weighted by molar-refractivity contribution is 5.96. The van der Waals surface area contributed by atoms with E-state index >= 15 is 0 Å². The summed E-state index contributed by atoms with van der Waals surface area (Å²) < 4.78 is 0. The Balaban J connectivity index is 1.08. The van der Waals surface area contributed by atoms with E-state index in [0.717, 1.165) is 89.8 Å². The minimum absolute atomic E-state index is 0.836. The number of rotatable bonds is 10. The van der Waals surface area contributed by atoms with Crippen LogP contribution in [-0.4, -0.2) is 9.97 Å². The van der Waals surface area contributed by atoms with Crippen LogP contribution in [0.2, 0.25) is 0 Å². The summed E-state index contributed by atoms with van der Waals surface area (Å²) >= 11 is 0. The van der Waals surface area contributed by atoms with Crippen molar-refractivity contribution in [3.05, 3.63) is 236 Å². The van der Waals surface area contributed by atoms with Crippen LogP contribution in [-0.2, 0) is 0 Å². The Bertz CT molecular complexity index is 3090. The number of para-hydroxylation sites is 4. The van der Waals surface area contributed by atoms with Gasteiger partial charge in [-0.1, -0.05) is 164 Å². The van der Waals surface area contributed by atoms with Crippen molar-refractivity contribution in [1.29, 1.82) is 0 Å². The van der Waals surface area contributed by atoms with E-state index in [4.69, 9.17) is 9.97 Å². The second-order valence-electron chi connectivity index (χ2n) is 15.2. The van der Waals surface area contributed by atoms with E-state index in [-0.39, 0.29) is 0 Å². The van der Waals surface area contributed by atoms with Gasteiger partial charge in [0.25, 0.3) is 0 Å². The molecule has 0 saturated heterocycles. The van der Waals surface area contributed by atoms with E-state index in [1.807, 2.05) is 12.1 Å². The molecule has 0 fully saturated rings. The molecule has 0 radical (unpaired) electrons. The first-order chi connectivity index (χ1) is 30.2. The lowest BCUT2D eigenvalue weighted by Gasteiger charge is -2.27. The molecular weight excluding hydrogens is 741 g/mol. The molecule has 1 aromatic heterocycles. The van der Waals surface area contributed by atoms with Gasteiger partial charge in [0.05, 0.1) is 22.4 Å². The maximum atomic E-state index is 5.50. The predicted molar refractivity (Wildman–Crippen MR) is 256 cm³/mol. The van der Waals surface area contributed by atoms with Crippen LogP contribution in [0.3, 0.4) is 0 Å². The number of nitrogens with one attached hydrogen (secondary N) is 1. The lowest BCUT2D eigenvalue weighted by molar-refractivity contribution is 1.27. The van der Waals surface area contributed by atoms with Crippen LogP contribution in [0, 0.1) is 6.92 Å². The molecule has 4 heteroatoms. The van der Waals surface area contributed by atoms with Gasteiger partial charge in [-0.15, -0.1) is 0 Å². The van der Waals surface area contributed by atoms with Crippen LogP contribution in [0.4, 0.5) is 28.4 Å². The highest BCUT2D eigenvalue weighted by atomic mass is 15.1. The Morgan fingerprint density at radius 2 is 0.902 bits per heavy atom. The summed E-state index contributed by atoms with van der Waals surface area (Å²) in [6, 6.07) is 80.8. The third-order valence-electron chi connectivity index (χ3n) is 11.2. The van der Waals surface area contributed by atoms with Crippen molar-refractivity contribution in [3.8, 4) is 55.9 Å². The standard InChI is InChI=1S/C57H42N4/c1-40-32-35-49(39-52(40)51-28-14-15-30-53(51)58-46-24-10-4-11-25-46)61(47-26-12-5-13-27-47)48-36-33-43(34-37-48)56-55(42-20-8-3-9-21-42)59-54-31-17-29-50(57(54)60-56)45-23-16-22-44(38-45)41-18-6-2-7-19-41/h2-39,58H,1H3. The molecule has 0 atom stereocenters. The summed E-state index contributed by atoms with van der Waals surface area (Å²) in [4.78, 5) is 13.2. The van der Waals surface area contributed by atoms with Crippen LogP contribution in [0.1, 0.15) is 5.56 Å². The Labute approximate surface area is 357 Å². The Kier molecular flexibility index (Phi) is 10.2. The molecule has 10 rings (SSSR count). The van der Waals surface area contributed by atoms with Crippen LogP contribution in [0.5, 0.6) is 0 Å². The topological polar surface area (TPSA) is 41.1 Å². The molecule has 0 spiro atoms. The Morgan fingerprint density at radius 3 is 1.66 bits per heavy atom. The molecule has 61 heavy (non-hydrogen) atoms. The molecule has 10 aromatic rings. The third-order valence-corrected chi connectivity index (χ3v) is 11.2. The number of aromatic nitrogens is 2. The minimum Gasteiger partial charge on any atom is -0.355 e. The molecule has 1 heterocycles. The third kappa shape index (κ3) is 7.67. The van der Waals surface area contributed by atoms with Crippen molar-refractivity contribution in [2.45, 2.75) is 6.92 Å². The zero-order chi connectivity index (χ0) is 41.0. The Hall–Kier alpha value is -8.08. The quantitative estimate of drug-likeness (QED) is 0.150. The molecule has 9 aromatic carbocycles. The first-order valence-corrected chi connectivity index (χ1v) is 20.7. The molecular formula is C57H42N4. The van der Waals surface area contributed by atoms with Gasteiger partial charge in [-0.05, 0) is 101 Å². The predicted octanol–water partition coefficient (Wildman–Crippen LogP) is 15.5. The second kappa shape index (κ2) is 16.6. The number of nitrogens with zero attached hydrogens (tertiary/aromatic N) is 3. The van der Waals surface area contributed by atoms with E-state index in [0.29, 0.717) is 0 Å². The first-order valence-electron chi connectivity index (χ1n) is 20.7. The fourth-order valence-corrected chi connectivity index (χ4v) is 8.14. The molecule has 0 aliphatic rings. The number of fused-ring (bicyclic) bond motifs is 1. The summed E-state index contributed by atoms with van der Waals surface area (Å²) in [5.41, 5.74) is 18.7. The van der Waals surface area contributed by atoms with Crippen molar-refractivity contribution in [3.63, 3.8) is 0 Å². The van der Waals surface area contributed by atoms with Crippen LogP contribution >= 0.6 is 0 Å². The fraction of sp³-hybridized carbons (Fsp3) is 0.0175. The normalized spacial score (nSPS) is 11.0. The minimum atomic E-state index is 0.836. The van der Waals surface area contributed by atoms with Crippen molar-refractivity contribution < 1.29 is 0 Å². The van der Waals surface area contributed by atoms with Gasteiger partial charge in [0.15, 0.2) is 0 Å². The van der Waals surface area contributed by atoms with Gasteiger partial charge in [0.1, 0.15) is 0 Å². The molecule has 0 saturated carbocycles. The molecule has 0 bridgehead atoms. The van der Waals surface area contributed by atoms with E-state index in [1.165, 1.54) is 11.1 Å². The highest BCUT2D eigenvalue weighted by Crippen LogP contribution is 2.41. The molecule has 0 unspecified atom stereocenters. The van der Waals surface area contributed by atoms with Gasteiger partial charge >= 0.3 is 0 Å². The number of hydrogen-bond donors (Lipinski definition) is 1. The maximum absolute atomic E-state index is 5.50. The SMILES string of the molecule is Cc1ccc(N(c2ccccc2)c2ccc(-c3nc4c(-c5cccc(-c6ccccc6)c5)cccc4nc3-c3ccccc3)cc2)cc1-c1ccccc1Nc1ccccc1. The Morgan fingerprint density at radius 1 is 0.361 bits per heavy atom. The van der Waals surface area contributed by atoms with Crippen molar-refractivity contribution in [1.82, 2.24) is 9.97 Å². The van der Waals surface area contributed by atoms with Crippen LogP contribution < -0.4 is 10.2 Å². The maximum Gasteiger partial charge on any atom is 0.0973 e. The van der Waals surface area contributed by atoms with Gasteiger partial charge in [-0.25, -0.2) is 9.97 Å². The summed E-state index contributed by atoms with van der Waals surface area (Å²) in [5.74, 6) is 0. The fourth-order valence-electron chi connectivity index (χ4n) is 8.14. The van der Waals surface area contributed by atoms with E-state index in [2.05, 4.69) is 236 Å². The number of aryl methyl sites for hydroxylation is 1. The van der Waals surface area contributed by atoms with Gasteiger partial charge in [-0.2, -0.15) is 0 Å². The molecule has 290 valence electrons. The number of benzene rings is 9. The van der Waals surface area contributed by atoms with Crippen LogP contribution in [0.15, 0.2) is 231 Å². The molecule has 0 aliphatic carbocycles. The van der Waals surface area contributed by atoms with E-state index in [9.17, 15) is 0 Å². The van der Waals surface area contributed by atoms with E-state index < -0.39 is 0 Å². The number of hydrogen-bond acceptors (Lipinski definition) is 4. The zero-order valence-electron chi connectivity index (χ0n) is 33.8. The van der Waals surface area contributed by atoms with Crippen LogP contribution in [0.25, 0.3) is 66.9 Å². The highest BCUT2D eigenvalue weighted by Gasteiger charge is 2.19. The second-order valence-corrected chi connectivity index (χ2v) is 15.2. The largest absolute Gasteiger partial charge is 0.355 e. The van der Waals surface area contributed by atoms with Crippen molar-refractivity contribution in [2.24, 2.45) is 0 Å². The number of anilines is 5. The smallest absolute Gasteiger partial charge is 0.0973 e.